The van der Waals surface area contributed by atoms with Gasteiger partial charge in [0.1, 0.15) is 6.04 Å². The molecule has 0 radical (unpaired) electrons. The van der Waals surface area contributed by atoms with Crippen LogP contribution in [0.5, 0.6) is 0 Å². The molecule has 0 aromatic heterocycles. The lowest BCUT2D eigenvalue weighted by Crippen LogP contribution is -2.46. The summed E-state index contributed by atoms with van der Waals surface area (Å²) < 4.78 is 5.42. The SMILES string of the molecule is CSCC[C@H](C(=O)OCCc1ccccc1)N1C(=O)c2ccccc2C1=O. The molecule has 6 heteroatoms. The number of esters is 1. The number of thioether (sulfide) groups is 1. The number of hydrogen-bond acceptors (Lipinski definition) is 5. The van der Waals surface area contributed by atoms with Crippen molar-refractivity contribution >= 4 is 29.5 Å². The van der Waals surface area contributed by atoms with Gasteiger partial charge >= 0.3 is 5.97 Å². The maximum atomic E-state index is 12.7. The highest BCUT2D eigenvalue weighted by Gasteiger charge is 2.43. The fourth-order valence-electron chi connectivity index (χ4n) is 3.08. The summed E-state index contributed by atoms with van der Waals surface area (Å²) in [6.45, 7) is 0.210. The van der Waals surface area contributed by atoms with E-state index in [2.05, 4.69) is 0 Å². The van der Waals surface area contributed by atoms with Crippen LogP contribution in [0.15, 0.2) is 54.6 Å². The zero-order chi connectivity index (χ0) is 19.2. The van der Waals surface area contributed by atoms with Gasteiger partial charge in [-0.15, -0.1) is 0 Å². The lowest BCUT2D eigenvalue weighted by atomic mass is 10.1. The van der Waals surface area contributed by atoms with E-state index in [4.69, 9.17) is 4.74 Å². The van der Waals surface area contributed by atoms with Gasteiger partial charge in [0, 0.05) is 6.42 Å². The normalized spacial score (nSPS) is 14.2. The maximum Gasteiger partial charge on any atom is 0.329 e. The van der Waals surface area contributed by atoms with Crippen LogP contribution in [0.4, 0.5) is 0 Å². The second-order valence-electron chi connectivity index (χ2n) is 6.23. The summed E-state index contributed by atoms with van der Waals surface area (Å²) in [7, 11) is 0. The maximum absolute atomic E-state index is 12.7. The monoisotopic (exact) mass is 383 g/mol. The summed E-state index contributed by atoms with van der Waals surface area (Å²) in [6.07, 6.45) is 2.88. The predicted molar refractivity (Wildman–Crippen MR) is 105 cm³/mol. The zero-order valence-corrected chi connectivity index (χ0v) is 15.9. The summed E-state index contributed by atoms with van der Waals surface area (Å²) in [6, 6.07) is 15.5. The Hall–Kier alpha value is -2.60. The smallest absolute Gasteiger partial charge is 0.329 e. The highest BCUT2D eigenvalue weighted by atomic mass is 32.2. The third-order valence-corrected chi connectivity index (χ3v) is 5.13. The van der Waals surface area contributed by atoms with Crippen molar-refractivity contribution in [2.75, 3.05) is 18.6 Å². The zero-order valence-electron chi connectivity index (χ0n) is 15.1. The van der Waals surface area contributed by atoms with Crippen molar-refractivity contribution < 1.29 is 19.1 Å². The summed E-state index contributed by atoms with van der Waals surface area (Å²) in [5.74, 6) is -0.746. The van der Waals surface area contributed by atoms with Crippen LogP contribution in [0.3, 0.4) is 0 Å². The molecule has 0 aliphatic carbocycles. The molecule has 0 fully saturated rings. The second-order valence-corrected chi connectivity index (χ2v) is 7.21. The van der Waals surface area contributed by atoms with Gasteiger partial charge in [0.2, 0.25) is 0 Å². The Bertz CT molecular complexity index is 802. The molecule has 2 amide bonds. The Morgan fingerprint density at radius 2 is 1.59 bits per heavy atom. The average molecular weight is 383 g/mol. The van der Waals surface area contributed by atoms with E-state index in [1.807, 2.05) is 36.6 Å². The van der Waals surface area contributed by atoms with Crippen LogP contribution in [0.25, 0.3) is 0 Å². The van der Waals surface area contributed by atoms with Crippen LogP contribution in [0.2, 0.25) is 0 Å². The van der Waals surface area contributed by atoms with Crippen molar-refractivity contribution in [3.05, 3.63) is 71.3 Å². The van der Waals surface area contributed by atoms with Crippen molar-refractivity contribution in [2.45, 2.75) is 18.9 Å². The third kappa shape index (κ3) is 4.22. The van der Waals surface area contributed by atoms with Crippen LogP contribution in [-0.2, 0) is 16.0 Å². The van der Waals surface area contributed by atoms with Gasteiger partial charge in [0.15, 0.2) is 0 Å². The molecule has 2 aromatic rings. The molecular weight excluding hydrogens is 362 g/mol. The predicted octanol–water partition coefficient (Wildman–Crippen LogP) is 3.19. The first-order valence-electron chi connectivity index (χ1n) is 8.80. The van der Waals surface area contributed by atoms with E-state index < -0.39 is 23.8 Å². The molecule has 0 N–H and O–H groups in total. The molecule has 1 aliphatic rings. The molecule has 1 atom stereocenters. The van der Waals surface area contributed by atoms with Gasteiger partial charge in [0.05, 0.1) is 17.7 Å². The summed E-state index contributed by atoms with van der Waals surface area (Å²) in [5, 5.41) is 0. The first-order valence-corrected chi connectivity index (χ1v) is 10.2. The van der Waals surface area contributed by atoms with Crippen molar-refractivity contribution in [3.8, 4) is 0 Å². The standard InChI is InChI=1S/C21H21NO4S/c1-27-14-12-18(21(25)26-13-11-15-7-3-2-4-8-15)22-19(23)16-9-5-6-10-17(16)20(22)24/h2-10,18H,11-14H2,1H3/t18-/m1/s1. The highest BCUT2D eigenvalue weighted by Crippen LogP contribution is 2.26. The quantitative estimate of drug-likeness (QED) is 0.517. The van der Waals surface area contributed by atoms with E-state index in [0.717, 1.165) is 10.5 Å². The molecule has 27 heavy (non-hydrogen) atoms. The second kappa shape index (κ2) is 8.86. The van der Waals surface area contributed by atoms with Crippen molar-refractivity contribution in [1.29, 1.82) is 0 Å². The number of ether oxygens (including phenoxy) is 1. The van der Waals surface area contributed by atoms with Crippen LogP contribution >= 0.6 is 11.8 Å². The van der Waals surface area contributed by atoms with Gasteiger partial charge in [-0.1, -0.05) is 42.5 Å². The Kier molecular flexibility index (Phi) is 6.29. The number of carbonyl (C=O) groups excluding carboxylic acids is 3. The van der Waals surface area contributed by atoms with E-state index in [1.54, 1.807) is 36.0 Å². The largest absolute Gasteiger partial charge is 0.464 e. The number of imide groups is 1. The number of fused-ring (bicyclic) bond motifs is 1. The van der Waals surface area contributed by atoms with E-state index in [0.29, 0.717) is 29.7 Å². The van der Waals surface area contributed by atoms with Crippen molar-refractivity contribution in [2.24, 2.45) is 0 Å². The molecular formula is C21H21NO4S. The van der Waals surface area contributed by atoms with E-state index in [1.165, 1.54) is 0 Å². The first kappa shape index (κ1) is 19.2. The Balaban J connectivity index is 1.71. The minimum atomic E-state index is -0.902. The topological polar surface area (TPSA) is 63.7 Å². The Morgan fingerprint density at radius 1 is 1.00 bits per heavy atom. The minimum Gasteiger partial charge on any atom is -0.464 e. The van der Waals surface area contributed by atoms with Gasteiger partial charge in [-0.05, 0) is 36.1 Å². The Morgan fingerprint density at radius 3 is 2.19 bits per heavy atom. The lowest BCUT2D eigenvalue weighted by molar-refractivity contribution is -0.148. The third-order valence-electron chi connectivity index (χ3n) is 4.48. The van der Waals surface area contributed by atoms with Gasteiger partial charge in [-0.25, -0.2) is 4.79 Å². The van der Waals surface area contributed by atoms with Crippen LogP contribution < -0.4 is 0 Å². The van der Waals surface area contributed by atoms with Gasteiger partial charge in [-0.2, -0.15) is 11.8 Å². The molecule has 0 unspecified atom stereocenters. The molecule has 1 aliphatic heterocycles. The van der Waals surface area contributed by atoms with Crippen molar-refractivity contribution in [1.82, 2.24) is 4.90 Å². The van der Waals surface area contributed by atoms with E-state index in [9.17, 15) is 14.4 Å². The van der Waals surface area contributed by atoms with E-state index in [-0.39, 0.29) is 6.61 Å². The van der Waals surface area contributed by atoms with Crippen LogP contribution in [0, 0.1) is 0 Å². The fourth-order valence-corrected chi connectivity index (χ4v) is 3.54. The minimum absolute atomic E-state index is 0.210. The molecule has 0 bridgehead atoms. The molecule has 3 rings (SSSR count). The number of carbonyl (C=O) groups is 3. The van der Waals surface area contributed by atoms with Gasteiger partial charge in [0.25, 0.3) is 11.8 Å². The molecule has 0 saturated carbocycles. The molecule has 0 saturated heterocycles. The molecule has 0 spiro atoms. The van der Waals surface area contributed by atoms with Crippen molar-refractivity contribution in [3.63, 3.8) is 0 Å². The number of rotatable bonds is 8. The summed E-state index contributed by atoms with van der Waals surface area (Å²) in [5.41, 5.74) is 1.74. The molecule has 140 valence electrons. The summed E-state index contributed by atoms with van der Waals surface area (Å²) in [4.78, 5) is 39.2. The number of nitrogens with zero attached hydrogens (tertiary/aromatic N) is 1. The Labute approximate surface area is 162 Å². The van der Waals surface area contributed by atoms with Crippen LogP contribution in [0.1, 0.15) is 32.7 Å². The molecule has 2 aromatic carbocycles. The first-order chi connectivity index (χ1) is 13.1. The van der Waals surface area contributed by atoms with Gasteiger partial charge in [-0.3, -0.25) is 14.5 Å². The van der Waals surface area contributed by atoms with Gasteiger partial charge < -0.3 is 4.74 Å². The summed E-state index contributed by atoms with van der Waals surface area (Å²) >= 11 is 1.56. The highest BCUT2D eigenvalue weighted by molar-refractivity contribution is 7.98. The van der Waals surface area contributed by atoms with E-state index >= 15 is 0 Å². The van der Waals surface area contributed by atoms with Crippen LogP contribution in [-0.4, -0.2) is 47.3 Å². The number of hydrogen-bond donors (Lipinski definition) is 0. The molecule has 5 nitrogen and oxygen atoms in total. The average Bonchev–Trinajstić information content (AvgIpc) is 2.95. The lowest BCUT2D eigenvalue weighted by Gasteiger charge is -2.24. The number of amides is 2. The molecule has 1 heterocycles. The number of benzene rings is 2. The fraction of sp³-hybridized carbons (Fsp3) is 0.286.